The van der Waals surface area contributed by atoms with Crippen molar-refractivity contribution in [2.75, 3.05) is 6.61 Å². The summed E-state index contributed by atoms with van der Waals surface area (Å²) in [7, 11) is 0. The van der Waals surface area contributed by atoms with Crippen molar-refractivity contribution in [3.63, 3.8) is 0 Å². The van der Waals surface area contributed by atoms with E-state index < -0.39 is 71.1 Å². The average Bonchev–Trinajstić information content (AvgIpc) is 4.25. The van der Waals surface area contributed by atoms with E-state index in [0.717, 1.165) is 56.1 Å². The fraction of sp³-hybridized carbons (Fsp3) is 0.673. The number of hydrogen-bond donors (Lipinski definition) is 3. The summed E-state index contributed by atoms with van der Waals surface area (Å²) in [4.78, 5) is 62.5. The van der Waals surface area contributed by atoms with Crippen LogP contribution in [-0.4, -0.2) is 100 Å². The molecule has 2 aromatic carbocycles. The largest absolute Gasteiger partial charge is 0.460 e. The molecule has 372 valence electrons. The number of nitrogens with one attached hydrogen (secondary N) is 2. The minimum Gasteiger partial charge on any atom is -0.460 e. The molecule has 5 saturated carbocycles. The Kier molecular flexibility index (Phi) is 11.8. The number of benzene rings is 2. The van der Waals surface area contributed by atoms with Gasteiger partial charge in [-0.2, -0.15) is 5.06 Å². The van der Waals surface area contributed by atoms with E-state index in [1.807, 2.05) is 6.07 Å². The van der Waals surface area contributed by atoms with E-state index in [-0.39, 0.29) is 62.3 Å². The summed E-state index contributed by atoms with van der Waals surface area (Å²) in [5, 5.41) is 17.7. The maximum atomic E-state index is 15.2. The molecule has 9 fully saturated rings. The van der Waals surface area contributed by atoms with Crippen LogP contribution >= 0.6 is 0 Å². The van der Waals surface area contributed by atoms with Gasteiger partial charge in [-0.25, -0.2) is 0 Å². The topological polar surface area (TPSA) is 174 Å². The Morgan fingerprint density at radius 2 is 1.67 bits per heavy atom. The number of carbonyl (C=O) groups excluding carboxylic acids is 4. The second-order valence-electron chi connectivity index (χ2n) is 23.9. The summed E-state index contributed by atoms with van der Waals surface area (Å²) < 4.78 is 32.0. The lowest BCUT2D eigenvalue weighted by Crippen LogP contribution is -2.69. The molecule has 4 saturated heterocycles. The number of esters is 2. The molecule has 2 bridgehead atoms. The highest BCUT2D eigenvalue weighted by Gasteiger charge is 2.78. The third kappa shape index (κ3) is 8.76. The zero-order valence-corrected chi connectivity index (χ0v) is 41.1. The summed E-state index contributed by atoms with van der Waals surface area (Å²) in [5.41, 5.74) is 2.88. The SMILES string of the molecule is CC(C)(C)OC(=O)CC[C@@H](CO)NC(=O)c1cccc(CNC(=O)[C@@]23C[C@H]4OC(=O)[C@@H]2N(Cc2cccc(C=C5CCC6O[C@]6(C)CC[C@@H]6[C@@H]5CC6(C)C)c2)O[C@@H]3[C@H]2OC(C3CC3)(C3CC3)O[C@H]24)c1. The third-order valence-corrected chi connectivity index (χ3v) is 17.3. The number of hydrogen-bond acceptors (Lipinski definition) is 12. The summed E-state index contributed by atoms with van der Waals surface area (Å²) in [5.74, 6) is -0.768. The third-order valence-electron chi connectivity index (χ3n) is 17.3. The lowest BCUT2D eigenvalue weighted by Gasteiger charge is -2.53. The highest BCUT2D eigenvalue weighted by atomic mass is 16.8. The molecule has 69 heavy (non-hydrogen) atoms. The van der Waals surface area contributed by atoms with Crippen molar-refractivity contribution >= 4 is 29.8 Å². The van der Waals surface area contributed by atoms with Crippen molar-refractivity contribution in [2.45, 2.75) is 191 Å². The standard InChI is InChI=1S/C55H71N3O11/c1-51(2,3)66-43(60)20-18-38(30-59)57-48(61)35-12-8-10-32(25-35)28-56-50(63)54-27-41-44-45(68-55(67-44,36-14-15-36)37-16-17-37)47(54)69-58(46(54)49(62)64-41)29-33-11-7-9-31(23-33)24-34-13-19-42-53(6,65-42)22-21-40-39(34)26-52(40,4)5/h7-12,23-25,36-42,44-47,59H,13-22,26-30H2,1-6H3,(H,56,63)(H,57,61)/t38-,39+,40+,41+,42?,44-,45-,46-,47+,53+,54-/m0/s1. The molecule has 0 aromatic heterocycles. The number of carbonyl (C=O) groups is 4. The van der Waals surface area contributed by atoms with Crippen molar-refractivity contribution in [1.82, 2.24) is 15.7 Å². The van der Waals surface area contributed by atoms with Crippen molar-refractivity contribution in [3.05, 3.63) is 76.4 Å². The van der Waals surface area contributed by atoms with Crippen LogP contribution in [0.15, 0.2) is 54.1 Å². The number of rotatable bonds is 14. The van der Waals surface area contributed by atoms with Crippen LogP contribution in [-0.2, 0) is 56.0 Å². The predicted molar refractivity (Wildman–Crippen MR) is 252 cm³/mol. The highest BCUT2D eigenvalue weighted by Crippen LogP contribution is 2.64. The Bertz CT molecular complexity index is 2390. The Labute approximate surface area is 405 Å². The number of nitrogens with zero attached hydrogens (tertiary/aromatic N) is 1. The van der Waals surface area contributed by atoms with Crippen molar-refractivity contribution in [3.8, 4) is 0 Å². The van der Waals surface area contributed by atoms with Gasteiger partial charge in [0.05, 0.1) is 30.9 Å². The first-order valence-corrected chi connectivity index (χ1v) is 25.9. The summed E-state index contributed by atoms with van der Waals surface area (Å²) in [6.45, 7) is 12.4. The smallest absolute Gasteiger partial charge is 0.327 e. The van der Waals surface area contributed by atoms with E-state index in [1.165, 1.54) is 18.4 Å². The van der Waals surface area contributed by atoms with Crippen molar-refractivity contribution in [1.29, 1.82) is 0 Å². The van der Waals surface area contributed by atoms with Gasteiger partial charge in [0.15, 0.2) is 11.8 Å². The van der Waals surface area contributed by atoms with Gasteiger partial charge in [-0.3, -0.25) is 24.0 Å². The van der Waals surface area contributed by atoms with Gasteiger partial charge < -0.3 is 39.4 Å². The molecular weight excluding hydrogens is 879 g/mol. The quantitative estimate of drug-likeness (QED) is 0.130. The van der Waals surface area contributed by atoms with Crippen molar-refractivity contribution in [2.24, 2.45) is 34.5 Å². The first-order chi connectivity index (χ1) is 32.9. The molecule has 9 aliphatic rings. The maximum Gasteiger partial charge on any atom is 0.327 e. The van der Waals surface area contributed by atoms with Crippen LogP contribution in [0.2, 0.25) is 0 Å². The fourth-order valence-corrected chi connectivity index (χ4v) is 13.4. The molecule has 5 aliphatic carbocycles. The molecule has 11 atom stereocenters. The monoisotopic (exact) mass is 950 g/mol. The maximum absolute atomic E-state index is 15.2. The van der Waals surface area contributed by atoms with E-state index in [9.17, 15) is 19.5 Å². The van der Waals surface area contributed by atoms with E-state index >= 15 is 4.79 Å². The molecule has 11 rings (SSSR count). The van der Waals surface area contributed by atoms with Gasteiger partial charge in [-0.1, -0.05) is 61.9 Å². The molecule has 1 unspecified atom stereocenters. The van der Waals surface area contributed by atoms with Gasteiger partial charge in [-0.15, -0.1) is 0 Å². The number of amides is 2. The molecular formula is C55H71N3O11. The molecule has 14 heteroatoms. The van der Waals surface area contributed by atoms with Crippen molar-refractivity contribution < 1.29 is 52.8 Å². The molecule has 2 amide bonds. The minimum absolute atomic E-state index is 0.0159. The van der Waals surface area contributed by atoms with Gasteiger partial charge >= 0.3 is 11.9 Å². The summed E-state index contributed by atoms with van der Waals surface area (Å²) >= 11 is 0. The Balaban J connectivity index is 0.835. The van der Waals surface area contributed by atoms with Crippen LogP contribution in [0.3, 0.4) is 0 Å². The van der Waals surface area contributed by atoms with Crippen LogP contribution in [0.5, 0.6) is 0 Å². The Morgan fingerprint density at radius 1 is 0.928 bits per heavy atom. The number of allylic oxidation sites excluding steroid dienone is 1. The number of fused-ring (bicyclic) bond motifs is 6. The molecule has 4 aliphatic heterocycles. The first-order valence-electron chi connectivity index (χ1n) is 25.9. The summed E-state index contributed by atoms with van der Waals surface area (Å²) in [6, 6.07) is 13.6. The van der Waals surface area contributed by atoms with E-state index in [4.69, 9.17) is 28.5 Å². The van der Waals surface area contributed by atoms with Crippen LogP contribution in [0.25, 0.3) is 6.08 Å². The van der Waals surface area contributed by atoms with E-state index in [1.54, 1.807) is 44.0 Å². The van der Waals surface area contributed by atoms with Crippen LogP contribution in [0.1, 0.15) is 146 Å². The molecule has 14 nitrogen and oxygen atoms in total. The van der Waals surface area contributed by atoms with Crippen LogP contribution in [0.4, 0.5) is 0 Å². The molecule has 2 aromatic rings. The second-order valence-corrected chi connectivity index (χ2v) is 23.9. The molecule has 3 N–H and O–H groups in total. The second kappa shape index (κ2) is 17.3. The van der Waals surface area contributed by atoms with Crippen LogP contribution in [0, 0.1) is 34.5 Å². The van der Waals surface area contributed by atoms with Gasteiger partial charge in [0.25, 0.3) is 5.91 Å². The fourth-order valence-electron chi connectivity index (χ4n) is 13.4. The van der Waals surface area contributed by atoms with Crippen LogP contribution < -0.4 is 10.6 Å². The number of ether oxygens (including phenoxy) is 5. The minimum atomic E-state index is -1.35. The number of aliphatic hydroxyl groups excluding tert-OH is 1. The zero-order valence-electron chi connectivity index (χ0n) is 41.1. The number of hydroxylamine groups is 2. The summed E-state index contributed by atoms with van der Waals surface area (Å²) in [6.07, 6.45) is 10.0. The molecule has 0 spiro atoms. The lowest BCUT2D eigenvalue weighted by atomic mass is 9.52. The Morgan fingerprint density at radius 3 is 2.39 bits per heavy atom. The number of aliphatic hydroxyl groups is 1. The first kappa shape index (κ1) is 47.2. The lowest BCUT2D eigenvalue weighted by molar-refractivity contribution is -0.235. The van der Waals surface area contributed by atoms with Gasteiger partial charge in [-0.05, 0) is 138 Å². The normalized spacial score (nSPS) is 36.0. The average molecular weight is 950 g/mol. The van der Waals surface area contributed by atoms with Gasteiger partial charge in [0, 0.05) is 36.8 Å². The zero-order chi connectivity index (χ0) is 48.3. The Hall–Kier alpha value is -4.18. The van der Waals surface area contributed by atoms with Gasteiger partial charge in [0.1, 0.15) is 35.4 Å². The van der Waals surface area contributed by atoms with E-state index in [0.29, 0.717) is 34.5 Å². The molecule has 0 radical (unpaired) electrons. The number of epoxide rings is 1. The van der Waals surface area contributed by atoms with Gasteiger partial charge in [0.2, 0.25) is 5.91 Å². The molecule has 4 heterocycles. The predicted octanol–water partition coefficient (Wildman–Crippen LogP) is 7.09. The highest BCUT2D eigenvalue weighted by molar-refractivity contribution is 5.95. The van der Waals surface area contributed by atoms with E-state index in [2.05, 4.69) is 61.7 Å².